The Morgan fingerprint density at radius 3 is 2.50 bits per heavy atom. The second-order valence-electron chi connectivity index (χ2n) is 8.86. The van der Waals surface area contributed by atoms with Crippen LogP contribution < -0.4 is 15.4 Å². The predicted octanol–water partition coefficient (Wildman–Crippen LogP) is 2.88. The number of ether oxygens (including phenoxy) is 1. The Bertz CT molecular complexity index is 666. The van der Waals surface area contributed by atoms with Gasteiger partial charge in [-0.25, -0.2) is 4.39 Å². The van der Waals surface area contributed by atoms with E-state index in [0.717, 1.165) is 11.8 Å². The van der Waals surface area contributed by atoms with E-state index in [4.69, 9.17) is 4.74 Å². The van der Waals surface area contributed by atoms with Crippen molar-refractivity contribution in [2.75, 3.05) is 6.54 Å². The summed E-state index contributed by atoms with van der Waals surface area (Å²) in [6.45, 7) is 0.621. The van der Waals surface area contributed by atoms with E-state index in [2.05, 4.69) is 10.6 Å². The van der Waals surface area contributed by atoms with Crippen LogP contribution in [-0.2, 0) is 4.79 Å². The topological polar surface area (TPSA) is 50.4 Å². The molecule has 1 aromatic rings. The molecule has 2 atom stereocenters. The van der Waals surface area contributed by atoms with Gasteiger partial charge in [0.1, 0.15) is 17.7 Å². The van der Waals surface area contributed by atoms with E-state index >= 15 is 0 Å². The van der Waals surface area contributed by atoms with E-state index in [1.54, 1.807) is 12.1 Å². The number of benzene rings is 1. The standard InChI is InChI=1S/C21H27FN2O2/c22-16-2-1-3-17(9-16)26-18-10-19(23-11-18)21(25)24-20-14-5-12-4-13(7-14)8-15(20)6-12/h1-3,9,12-15,18-20,23H,4-8,10-11H2,(H,24,25)/t12?,13?,14?,15?,18-,19-,20?/m0/s1. The Balaban J connectivity index is 1.17. The Hall–Kier alpha value is -1.62. The van der Waals surface area contributed by atoms with E-state index in [1.165, 1.54) is 44.2 Å². The van der Waals surface area contributed by atoms with Crippen LogP contribution in [0, 0.1) is 29.5 Å². The molecule has 140 valence electrons. The smallest absolute Gasteiger partial charge is 0.237 e. The van der Waals surface area contributed by atoms with Crippen molar-refractivity contribution in [2.45, 2.75) is 56.7 Å². The highest BCUT2D eigenvalue weighted by Crippen LogP contribution is 2.53. The highest BCUT2D eigenvalue weighted by atomic mass is 19.1. The van der Waals surface area contributed by atoms with Crippen LogP contribution in [0.15, 0.2) is 24.3 Å². The number of hydrogen-bond donors (Lipinski definition) is 2. The highest BCUT2D eigenvalue weighted by Gasteiger charge is 2.49. The van der Waals surface area contributed by atoms with Crippen LogP contribution >= 0.6 is 0 Å². The van der Waals surface area contributed by atoms with E-state index < -0.39 is 0 Å². The zero-order chi connectivity index (χ0) is 17.7. The fraction of sp³-hybridized carbons (Fsp3) is 0.667. The Kier molecular flexibility index (Phi) is 4.15. The van der Waals surface area contributed by atoms with Crippen molar-refractivity contribution in [1.82, 2.24) is 10.6 Å². The van der Waals surface area contributed by atoms with Gasteiger partial charge < -0.3 is 15.4 Å². The first kappa shape index (κ1) is 16.5. The summed E-state index contributed by atoms with van der Waals surface area (Å²) in [5.74, 6) is 3.56. The number of rotatable bonds is 4. The normalized spacial score (nSPS) is 40.6. The van der Waals surface area contributed by atoms with Crippen LogP contribution in [-0.4, -0.2) is 30.6 Å². The van der Waals surface area contributed by atoms with Gasteiger partial charge in [0.05, 0.1) is 6.04 Å². The average Bonchev–Trinajstić information content (AvgIpc) is 3.06. The van der Waals surface area contributed by atoms with Crippen molar-refractivity contribution >= 4 is 5.91 Å². The SMILES string of the molecule is O=C(NC1C2CC3CC(C2)CC1C3)[C@@H]1C[C@H](Oc2cccc(F)c2)CN1. The molecule has 4 bridgehead atoms. The molecule has 1 amide bonds. The molecule has 4 aliphatic carbocycles. The molecule has 1 saturated heterocycles. The van der Waals surface area contributed by atoms with Crippen LogP contribution in [0.2, 0.25) is 0 Å². The van der Waals surface area contributed by atoms with Crippen molar-refractivity contribution in [3.8, 4) is 5.75 Å². The molecule has 5 aliphatic rings. The first-order valence-corrected chi connectivity index (χ1v) is 10.1. The summed E-state index contributed by atoms with van der Waals surface area (Å²) in [4.78, 5) is 12.8. The Morgan fingerprint density at radius 1 is 1.08 bits per heavy atom. The molecule has 1 aromatic carbocycles. The Labute approximate surface area is 153 Å². The van der Waals surface area contributed by atoms with E-state index in [-0.39, 0.29) is 23.9 Å². The molecule has 0 radical (unpaired) electrons. The summed E-state index contributed by atoms with van der Waals surface area (Å²) in [6, 6.07) is 6.36. The molecule has 0 spiro atoms. The van der Waals surface area contributed by atoms with Crippen molar-refractivity contribution in [3.63, 3.8) is 0 Å². The third-order valence-electron chi connectivity index (χ3n) is 7.04. The molecule has 6 rings (SSSR count). The molecule has 5 heteroatoms. The number of carbonyl (C=O) groups excluding carboxylic acids is 1. The molecule has 1 heterocycles. The van der Waals surface area contributed by atoms with Crippen molar-refractivity contribution < 1.29 is 13.9 Å². The molecular formula is C21H27FN2O2. The average molecular weight is 358 g/mol. The van der Waals surface area contributed by atoms with Crippen LogP contribution in [0.1, 0.15) is 38.5 Å². The van der Waals surface area contributed by atoms with Gasteiger partial charge in [-0.3, -0.25) is 4.79 Å². The summed E-state index contributed by atoms with van der Waals surface area (Å²) in [7, 11) is 0. The molecule has 4 saturated carbocycles. The fourth-order valence-electron chi connectivity index (χ4n) is 6.15. The largest absolute Gasteiger partial charge is 0.489 e. The molecule has 0 unspecified atom stereocenters. The minimum absolute atomic E-state index is 0.0916. The third-order valence-corrected chi connectivity index (χ3v) is 7.04. The molecule has 26 heavy (non-hydrogen) atoms. The van der Waals surface area contributed by atoms with E-state index in [1.807, 2.05) is 0 Å². The van der Waals surface area contributed by atoms with Gasteiger partial charge in [-0.1, -0.05) is 6.07 Å². The number of amides is 1. The number of nitrogens with one attached hydrogen (secondary N) is 2. The van der Waals surface area contributed by atoms with Gasteiger partial charge in [0, 0.05) is 25.1 Å². The van der Waals surface area contributed by atoms with E-state index in [9.17, 15) is 9.18 Å². The molecular weight excluding hydrogens is 331 g/mol. The molecule has 4 nitrogen and oxygen atoms in total. The number of halogens is 1. The fourth-order valence-corrected chi connectivity index (χ4v) is 6.15. The lowest BCUT2D eigenvalue weighted by molar-refractivity contribution is -0.126. The van der Waals surface area contributed by atoms with Gasteiger partial charge >= 0.3 is 0 Å². The van der Waals surface area contributed by atoms with E-state index in [0.29, 0.717) is 36.6 Å². The van der Waals surface area contributed by atoms with Gasteiger partial charge in [-0.2, -0.15) is 0 Å². The third kappa shape index (κ3) is 3.11. The highest BCUT2D eigenvalue weighted by molar-refractivity contribution is 5.82. The quantitative estimate of drug-likeness (QED) is 0.870. The first-order chi connectivity index (χ1) is 12.6. The van der Waals surface area contributed by atoms with Crippen molar-refractivity contribution in [1.29, 1.82) is 0 Å². The lowest BCUT2D eigenvalue weighted by atomic mass is 9.54. The van der Waals surface area contributed by atoms with Crippen molar-refractivity contribution in [3.05, 3.63) is 30.1 Å². The Morgan fingerprint density at radius 2 is 1.81 bits per heavy atom. The molecule has 5 fully saturated rings. The van der Waals surface area contributed by atoms with Crippen LogP contribution in [0.3, 0.4) is 0 Å². The minimum Gasteiger partial charge on any atom is -0.489 e. The number of hydrogen-bond acceptors (Lipinski definition) is 3. The zero-order valence-corrected chi connectivity index (χ0v) is 15.0. The predicted molar refractivity (Wildman–Crippen MR) is 96.2 cm³/mol. The zero-order valence-electron chi connectivity index (χ0n) is 15.0. The second-order valence-corrected chi connectivity index (χ2v) is 8.86. The lowest BCUT2D eigenvalue weighted by Crippen LogP contribution is -2.58. The van der Waals surface area contributed by atoms with Crippen LogP contribution in [0.5, 0.6) is 5.75 Å². The maximum Gasteiger partial charge on any atom is 0.237 e. The van der Waals surface area contributed by atoms with Crippen LogP contribution in [0.4, 0.5) is 4.39 Å². The molecule has 2 N–H and O–H groups in total. The summed E-state index contributed by atoms with van der Waals surface area (Å²) in [5.41, 5.74) is 0. The summed E-state index contributed by atoms with van der Waals surface area (Å²) in [5, 5.41) is 6.66. The van der Waals surface area contributed by atoms with Gasteiger partial charge in [0.15, 0.2) is 0 Å². The minimum atomic E-state index is -0.301. The van der Waals surface area contributed by atoms with Crippen LogP contribution in [0.25, 0.3) is 0 Å². The van der Waals surface area contributed by atoms with Gasteiger partial charge in [-0.05, 0) is 67.9 Å². The molecule has 0 aromatic heterocycles. The maximum atomic E-state index is 13.3. The van der Waals surface area contributed by atoms with Gasteiger partial charge in [-0.15, -0.1) is 0 Å². The summed E-state index contributed by atoms with van der Waals surface area (Å²) in [6.07, 6.45) is 7.20. The first-order valence-electron chi connectivity index (χ1n) is 10.1. The summed E-state index contributed by atoms with van der Waals surface area (Å²) >= 11 is 0. The van der Waals surface area contributed by atoms with Crippen molar-refractivity contribution in [2.24, 2.45) is 23.7 Å². The monoisotopic (exact) mass is 358 g/mol. The molecule has 1 aliphatic heterocycles. The van der Waals surface area contributed by atoms with Gasteiger partial charge in [0.2, 0.25) is 5.91 Å². The summed E-state index contributed by atoms with van der Waals surface area (Å²) < 4.78 is 19.1. The lowest BCUT2D eigenvalue weighted by Gasteiger charge is -2.54. The number of carbonyl (C=O) groups is 1. The maximum absolute atomic E-state index is 13.3. The second kappa shape index (κ2) is 6.52. The van der Waals surface area contributed by atoms with Gasteiger partial charge in [0.25, 0.3) is 0 Å².